The lowest BCUT2D eigenvalue weighted by molar-refractivity contribution is 0.0769. The van der Waals surface area contributed by atoms with Crippen molar-refractivity contribution in [1.29, 1.82) is 0 Å². The summed E-state index contributed by atoms with van der Waals surface area (Å²) < 4.78 is 13.0. The van der Waals surface area contributed by atoms with Crippen molar-refractivity contribution in [2.24, 2.45) is 0 Å². The van der Waals surface area contributed by atoms with Crippen LogP contribution in [0.1, 0.15) is 24.3 Å². The molecule has 1 amide bonds. The van der Waals surface area contributed by atoms with Crippen molar-refractivity contribution in [2.45, 2.75) is 26.9 Å². The molecule has 3 aromatic heterocycles. The number of nitrogens with zero attached hydrogens (tertiary/aromatic N) is 5. The molecule has 0 unspecified atom stereocenters. The molecule has 0 saturated carbocycles. The second-order valence-electron chi connectivity index (χ2n) is 6.93. The molecule has 4 heterocycles. The predicted molar refractivity (Wildman–Crippen MR) is 104 cm³/mol. The van der Waals surface area contributed by atoms with Crippen LogP contribution in [0.3, 0.4) is 0 Å². The number of piperazine rings is 1. The van der Waals surface area contributed by atoms with Crippen LogP contribution in [0, 0.1) is 6.92 Å². The SMILES string of the molecule is CCOC(=O)N1CCN(Cc2nc3cccnc3n2Cc2ccc(C)o2)CC1. The normalized spacial score (nSPS) is 15.3. The van der Waals surface area contributed by atoms with Crippen LogP contribution >= 0.6 is 0 Å². The summed E-state index contributed by atoms with van der Waals surface area (Å²) in [6, 6.07) is 7.84. The molecule has 4 rings (SSSR count). The highest BCUT2D eigenvalue weighted by molar-refractivity contribution is 5.71. The van der Waals surface area contributed by atoms with E-state index in [1.165, 1.54) is 0 Å². The van der Waals surface area contributed by atoms with Gasteiger partial charge in [-0.3, -0.25) is 4.90 Å². The van der Waals surface area contributed by atoms with E-state index in [0.29, 0.717) is 32.8 Å². The Kier molecular flexibility index (Phi) is 5.29. The first kappa shape index (κ1) is 18.5. The Morgan fingerprint density at radius 2 is 2.00 bits per heavy atom. The summed E-state index contributed by atoms with van der Waals surface area (Å²) in [5, 5.41) is 0. The van der Waals surface area contributed by atoms with Gasteiger partial charge in [0.05, 0.1) is 19.7 Å². The second-order valence-corrected chi connectivity index (χ2v) is 6.93. The summed E-state index contributed by atoms with van der Waals surface area (Å²) in [7, 11) is 0. The number of rotatable bonds is 5. The maximum atomic E-state index is 11.9. The summed E-state index contributed by atoms with van der Waals surface area (Å²) in [5.74, 6) is 2.73. The third kappa shape index (κ3) is 3.87. The van der Waals surface area contributed by atoms with Gasteiger partial charge in [-0.2, -0.15) is 0 Å². The Balaban J connectivity index is 1.51. The summed E-state index contributed by atoms with van der Waals surface area (Å²) in [5.41, 5.74) is 1.74. The maximum absolute atomic E-state index is 11.9. The lowest BCUT2D eigenvalue weighted by atomic mass is 10.3. The number of ether oxygens (including phenoxy) is 1. The molecule has 1 aliphatic heterocycles. The molecule has 1 aliphatic rings. The van der Waals surface area contributed by atoms with E-state index in [1.54, 1.807) is 11.1 Å². The highest BCUT2D eigenvalue weighted by Gasteiger charge is 2.24. The minimum absolute atomic E-state index is 0.230. The Hall–Kier alpha value is -2.87. The average Bonchev–Trinajstić information content (AvgIpc) is 3.26. The van der Waals surface area contributed by atoms with Gasteiger partial charge in [0.1, 0.15) is 22.9 Å². The van der Waals surface area contributed by atoms with Gasteiger partial charge in [0, 0.05) is 32.4 Å². The van der Waals surface area contributed by atoms with Crippen LogP contribution in [0.15, 0.2) is 34.9 Å². The fraction of sp³-hybridized carbons (Fsp3) is 0.450. The number of amides is 1. The highest BCUT2D eigenvalue weighted by atomic mass is 16.6. The van der Waals surface area contributed by atoms with Crippen molar-refractivity contribution < 1.29 is 13.9 Å². The molecule has 0 atom stereocenters. The van der Waals surface area contributed by atoms with Crippen molar-refractivity contribution >= 4 is 17.3 Å². The number of fused-ring (bicyclic) bond motifs is 1. The lowest BCUT2D eigenvalue weighted by Crippen LogP contribution is -2.48. The molecule has 1 saturated heterocycles. The van der Waals surface area contributed by atoms with Gasteiger partial charge in [0.25, 0.3) is 0 Å². The topological polar surface area (TPSA) is 76.6 Å². The average molecular weight is 383 g/mol. The molecule has 0 radical (unpaired) electrons. The van der Waals surface area contributed by atoms with Crippen LogP contribution in [0.25, 0.3) is 11.2 Å². The zero-order chi connectivity index (χ0) is 19.5. The zero-order valence-electron chi connectivity index (χ0n) is 16.3. The minimum atomic E-state index is -0.230. The van der Waals surface area contributed by atoms with Gasteiger partial charge in [-0.15, -0.1) is 0 Å². The lowest BCUT2D eigenvalue weighted by Gasteiger charge is -2.33. The third-order valence-electron chi connectivity index (χ3n) is 4.96. The fourth-order valence-corrected chi connectivity index (χ4v) is 3.52. The van der Waals surface area contributed by atoms with Crippen molar-refractivity contribution in [2.75, 3.05) is 32.8 Å². The van der Waals surface area contributed by atoms with Crippen LogP contribution < -0.4 is 0 Å². The van der Waals surface area contributed by atoms with Gasteiger partial charge in [-0.1, -0.05) is 0 Å². The minimum Gasteiger partial charge on any atom is -0.464 e. The summed E-state index contributed by atoms with van der Waals surface area (Å²) in [4.78, 5) is 25.3. The van der Waals surface area contributed by atoms with Crippen molar-refractivity contribution in [3.05, 3.63) is 47.8 Å². The standard InChI is InChI=1S/C20H25N5O3/c1-3-27-20(26)24-11-9-23(10-12-24)14-18-22-17-5-4-8-21-19(17)25(18)13-16-7-6-15(2)28-16/h4-8H,3,9-14H2,1-2H3. The largest absolute Gasteiger partial charge is 0.464 e. The van der Waals surface area contributed by atoms with E-state index in [-0.39, 0.29) is 6.09 Å². The van der Waals surface area contributed by atoms with Gasteiger partial charge < -0.3 is 18.6 Å². The first-order valence-electron chi connectivity index (χ1n) is 9.63. The number of aryl methyl sites for hydroxylation is 1. The monoisotopic (exact) mass is 383 g/mol. The van der Waals surface area contributed by atoms with Crippen molar-refractivity contribution in [3.63, 3.8) is 0 Å². The van der Waals surface area contributed by atoms with E-state index in [4.69, 9.17) is 14.1 Å². The summed E-state index contributed by atoms with van der Waals surface area (Å²) >= 11 is 0. The van der Waals surface area contributed by atoms with Crippen LogP contribution in [-0.4, -0.2) is 63.2 Å². The molecular weight excluding hydrogens is 358 g/mol. The molecule has 0 N–H and O–H groups in total. The Morgan fingerprint density at radius 1 is 1.18 bits per heavy atom. The molecule has 0 spiro atoms. The van der Waals surface area contributed by atoms with Crippen LogP contribution in [-0.2, 0) is 17.8 Å². The van der Waals surface area contributed by atoms with Crippen LogP contribution in [0.2, 0.25) is 0 Å². The van der Waals surface area contributed by atoms with E-state index in [2.05, 4.69) is 14.5 Å². The number of imidazole rings is 1. The Bertz CT molecular complexity index is 956. The third-order valence-corrected chi connectivity index (χ3v) is 4.96. The summed E-state index contributed by atoms with van der Waals surface area (Å²) in [6.07, 6.45) is 1.56. The molecule has 0 bridgehead atoms. The number of furan rings is 1. The maximum Gasteiger partial charge on any atom is 0.409 e. The molecule has 3 aromatic rings. The van der Waals surface area contributed by atoms with Crippen LogP contribution in [0.5, 0.6) is 0 Å². The van der Waals surface area contributed by atoms with Gasteiger partial charge in [-0.25, -0.2) is 14.8 Å². The molecule has 1 fully saturated rings. The number of aromatic nitrogens is 3. The predicted octanol–water partition coefficient (Wildman–Crippen LogP) is 2.66. The fourth-order valence-electron chi connectivity index (χ4n) is 3.52. The molecular formula is C20H25N5O3. The van der Waals surface area contributed by atoms with Gasteiger partial charge >= 0.3 is 6.09 Å². The highest BCUT2D eigenvalue weighted by Crippen LogP contribution is 2.19. The number of carbonyl (C=O) groups is 1. The number of hydrogen-bond donors (Lipinski definition) is 0. The van der Waals surface area contributed by atoms with E-state index in [0.717, 1.165) is 41.6 Å². The first-order chi connectivity index (χ1) is 13.6. The number of pyridine rings is 1. The van der Waals surface area contributed by atoms with Gasteiger partial charge in [0.2, 0.25) is 0 Å². The van der Waals surface area contributed by atoms with E-state index in [9.17, 15) is 4.79 Å². The Labute approximate surface area is 163 Å². The quantitative estimate of drug-likeness (QED) is 0.674. The number of carbonyl (C=O) groups excluding carboxylic acids is 1. The van der Waals surface area contributed by atoms with Crippen LogP contribution in [0.4, 0.5) is 4.79 Å². The molecule has 8 nitrogen and oxygen atoms in total. The van der Waals surface area contributed by atoms with Crippen molar-refractivity contribution in [1.82, 2.24) is 24.3 Å². The molecule has 148 valence electrons. The van der Waals surface area contributed by atoms with Crippen molar-refractivity contribution in [3.8, 4) is 0 Å². The van der Waals surface area contributed by atoms with E-state index < -0.39 is 0 Å². The van der Waals surface area contributed by atoms with Gasteiger partial charge in [-0.05, 0) is 38.1 Å². The van der Waals surface area contributed by atoms with E-state index in [1.807, 2.05) is 38.1 Å². The molecule has 8 heteroatoms. The molecule has 0 aliphatic carbocycles. The number of hydrogen-bond acceptors (Lipinski definition) is 6. The van der Waals surface area contributed by atoms with E-state index >= 15 is 0 Å². The van der Waals surface area contributed by atoms with Gasteiger partial charge in [0.15, 0.2) is 5.65 Å². The first-order valence-corrected chi connectivity index (χ1v) is 9.63. The zero-order valence-corrected chi connectivity index (χ0v) is 16.3. The summed E-state index contributed by atoms with van der Waals surface area (Å²) in [6.45, 7) is 8.37. The molecule has 0 aromatic carbocycles. The Morgan fingerprint density at radius 3 is 2.71 bits per heavy atom. The smallest absolute Gasteiger partial charge is 0.409 e. The molecule has 28 heavy (non-hydrogen) atoms. The second kappa shape index (κ2) is 8.02.